The first-order valence-electron chi connectivity index (χ1n) is 3.95. The van der Waals surface area contributed by atoms with Crippen molar-refractivity contribution >= 4 is 12.2 Å². The molecule has 1 amide bonds. The number of carbonyl (C=O) groups excluding carboxylic acids is 1. The van der Waals surface area contributed by atoms with Crippen LogP contribution in [-0.2, 0) is 4.79 Å². The van der Waals surface area contributed by atoms with Crippen molar-refractivity contribution in [2.75, 3.05) is 20.6 Å². The van der Waals surface area contributed by atoms with Gasteiger partial charge in [0.1, 0.15) is 5.82 Å². The van der Waals surface area contributed by atoms with Crippen LogP contribution in [0, 0.1) is 12.3 Å². The molecule has 0 unspecified atom stereocenters. The van der Waals surface area contributed by atoms with Crippen molar-refractivity contribution in [1.29, 1.82) is 0 Å². The number of nitrogens with two attached hydrogens (primary N) is 1. The highest BCUT2D eigenvalue weighted by Gasteiger charge is 1.94. The highest BCUT2D eigenvalue weighted by molar-refractivity contribution is 5.88. The van der Waals surface area contributed by atoms with Gasteiger partial charge in [-0.25, -0.2) is 4.99 Å². The maximum atomic E-state index is 11.0. The molecule has 0 radical (unpaired) electrons. The van der Waals surface area contributed by atoms with E-state index in [1.807, 2.05) is 0 Å². The fraction of sp³-hybridized carbons (Fsp3) is 0.333. The average molecular weight is 194 g/mol. The van der Waals surface area contributed by atoms with Gasteiger partial charge in [-0.05, 0) is 0 Å². The molecular weight excluding hydrogens is 180 g/mol. The molecule has 0 saturated carbocycles. The maximum absolute atomic E-state index is 11.0. The van der Waals surface area contributed by atoms with Gasteiger partial charge in [0.15, 0.2) is 0 Å². The molecule has 0 aromatic rings. The first-order valence-corrected chi connectivity index (χ1v) is 3.95. The summed E-state index contributed by atoms with van der Waals surface area (Å²) in [6.07, 6.45) is 7.63. The summed E-state index contributed by atoms with van der Waals surface area (Å²) < 4.78 is 0. The Balaban J connectivity index is 4.10. The second-order valence-electron chi connectivity index (χ2n) is 2.70. The van der Waals surface area contributed by atoms with Gasteiger partial charge >= 0.3 is 0 Å². The molecule has 14 heavy (non-hydrogen) atoms. The monoisotopic (exact) mass is 194 g/mol. The third kappa shape index (κ3) is 6.73. The quantitative estimate of drug-likeness (QED) is 0.264. The largest absolute Gasteiger partial charge is 0.383 e. The normalized spacial score (nSPS) is 11.1. The van der Waals surface area contributed by atoms with Gasteiger partial charge in [-0.3, -0.25) is 4.79 Å². The summed E-state index contributed by atoms with van der Waals surface area (Å²) in [5.41, 5.74) is 5.42. The van der Waals surface area contributed by atoms with Gasteiger partial charge in [-0.1, -0.05) is 5.92 Å². The molecular formula is C9H14N4O. The van der Waals surface area contributed by atoms with Crippen LogP contribution >= 0.6 is 0 Å². The van der Waals surface area contributed by atoms with E-state index in [1.54, 1.807) is 19.0 Å². The fourth-order valence-corrected chi connectivity index (χ4v) is 0.543. The van der Waals surface area contributed by atoms with Crippen molar-refractivity contribution in [3.8, 4) is 12.3 Å². The van der Waals surface area contributed by atoms with Crippen molar-refractivity contribution in [3.63, 3.8) is 0 Å². The van der Waals surface area contributed by atoms with Crippen molar-refractivity contribution < 1.29 is 4.79 Å². The standard InChI is InChI=1S/C9H14N4O/c1-4-5-11-9(14)6-8(10)12-7-13(2)3/h1,6-7H,5,10H2,2-3H3,(H,11,14)/b8-6+,12-7+. The molecule has 0 aliphatic heterocycles. The lowest BCUT2D eigenvalue weighted by atomic mass is 10.5. The highest BCUT2D eigenvalue weighted by Crippen LogP contribution is 1.84. The first kappa shape index (κ1) is 12.0. The highest BCUT2D eigenvalue weighted by atomic mass is 16.1. The summed E-state index contributed by atoms with van der Waals surface area (Å²) in [6, 6.07) is 0. The van der Waals surface area contributed by atoms with Crippen molar-refractivity contribution in [1.82, 2.24) is 10.2 Å². The van der Waals surface area contributed by atoms with Crippen LogP contribution in [0.4, 0.5) is 0 Å². The molecule has 0 atom stereocenters. The number of terminal acetylenes is 1. The number of hydrogen-bond donors (Lipinski definition) is 2. The molecule has 0 aromatic carbocycles. The predicted octanol–water partition coefficient (Wildman–Crippen LogP) is -0.874. The molecule has 5 heteroatoms. The van der Waals surface area contributed by atoms with Gasteiger partial charge in [-0.2, -0.15) is 0 Å². The van der Waals surface area contributed by atoms with E-state index in [1.165, 1.54) is 12.4 Å². The second kappa shape index (κ2) is 6.54. The van der Waals surface area contributed by atoms with Crippen molar-refractivity contribution in [2.24, 2.45) is 10.7 Å². The Bertz CT molecular complexity index is 286. The summed E-state index contributed by atoms with van der Waals surface area (Å²) in [6.45, 7) is 0.181. The Morgan fingerprint density at radius 2 is 2.36 bits per heavy atom. The van der Waals surface area contributed by atoms with E-state index in [2.05, 4.69) is 16.2 Å². The summed E-state index contributed by atoms with van der Waals surface area (Å²) in [5.74, 6) is 2.06. The molecule has 0 heterocycles. The minimum absolute atomic E-state index is 0.133. The fourth-order valence-electron chi connectivity index (χ4n) is 0.543. The molecule has 0 fully saturated rings. The number of nitrogens with one attached hydrogen (secondary N) is 1. The third-order valence-electron chi connectivity index (χ3n) is 1.08. The Hall–Kier alpha value is -1.96. The van der Waals surface area contributed by atoms with Crippen LogP contribution in [0.15, 0.2) is 16.9 Å². The third-order valence-corrected chi connectivity index (χ3v) is 1.08. The molecule has 0 bridgehead atoms. The van der Waals surface area contributed by atoms with E-state index in [-0.39, 0.29) is 18.3 Å². The van der Waals surface area contributed by atoms with Crippen LogP contribution < -0.4 is 11.1 Å². The Morgan fingerprint density at radius 3 is 2.86 bits per heavy atom. The molecule has 0 saturated heterocycles. The molecule has 0 rings (SSSR count). The van der Waals surface area contributed by atoms with Crippen LogP contribution in [0.1, 0.15) is 0 Å². The number of hydrogen-bond acceptors (Lipinski definition) is 3. The number of rotatable bonds is 4. The van der Waals surface area contributed by atoms with E-state index >= 15 is 0 Å². The van der Waals surface area contributed by atoms with Gasteiger partial charge in [0.2, 0.25) is 5.91 Å². The topological polar surface area (TPSA) is 70.7 Å². The van der Waals surface area contributed by atoms with Crippen LogP contribution in [0.5, 0.6) is 0 Å². The van der Waals surface area contributed by atoms with Crippen LogP contribution in [0.3, 0.4) is 0 Å². The number of carbonyl (C=O) groups is 1. The number of nitrogens with zero attached hydrogens (tertiary/aromatic N) is 2. The van der Waals surface area contributed by atoms with E-state index in [0.717, 1.165) is 0 Å². The molecule has 0 aromatic heterocycles. The smallest absolute Gasteiger partial charge is 0.248 e. The van der Waals surface area contributed by atoms with Gasteiger partial charge < -0.3 is 16.0 Å². The molecule has 0 aliphatic rings. The SMILES string of the molecule is C#CCNC(=O)/C=C(N)/N=C/N(C)C. The maximum Gasteiger partial charge on any atom is 0.248 e. The lowest BCUT2D eigenvalue weighted by molar-refractivity contribution is -0.116. The van der Waals surface area contributed by atoms with E-state index < -0.39 is 0 Å². The van der Waals surface area contributed by atoms with Gasteiger partial charge in [0.05, 0.1) is 12.9 Å². The average Bonchev–Trinajstić information content (AvgIpc) is 2.11. The number of amides is 1. The van der Waals surface area contributed by atoms with Crippen LogP contribution in [0.25, 0.3) is 0 Å². The molecule has 3 N–H and O–H groups in total. The van der Waals surface area contributed by atoms with Gasteiger partial charge in [0, 0.05) is 20.2 Å². The predicted molar refractivity (Wildman–Crippen MR) is 56.3 cm³/mol. The molecule has 76 valence electrons. The first-order chi connectivity index (χ1) is 6.56. The minimum atomic E-state index is -0.351. The zero-order valence-corrected chi connectivity index (χ0v) is 8.32. The minimum Gasteiger partial charge on any atom is -0.383 e. The lowest BCUT2D eigenvalue weighted by Crippen LogP contribution is -2.22. The Labute approximate surface area is 83.7 Å². The van der Waals surface area contributed by atoms with E-state index in [0.29, 0.717) is 0 Å². The summed E-state index contributed by atoms with van der Waals surface area (Å²) in [5, 5.41) is 2.43. The van der Waals surface area contributed by atoms with Crippen LogP contribution in [0.2, 0.25) is 0 Å². The lowest BCUT2D eigenvalue weighted by Gasteiger charge is -2.01. The summed E-state index contributed by atoms with van der Waals surface area (Å²) in [4.78, 5) is 16.5. The van der Waals surface area contributed by atoms with Crippen molar-refractivity contribution in [2.45, 2.75) is 0 Å². The molecule has 0 aliphatic carbocycles. The zero-order valence-electron chi connectivity index (χ0n) is 8.32. The Morgan fingerprint density at radius 1 is 1.71 bits per heavy atom. The van der Waals surface area contributed by atoms with E-state index in [9.17, 15) is 4.79 Å². The van der Waals surface area contributed by atoms with Gasteiger partial charge in [-0.15, -0.1) is 6.42 Å². The summed E-state index contributed by atoms with van der Waals surface area (Å²) in [7, 11) is 3.60. The number of aliphatic imine (C=N–C) groups is 1. The molecule has 0 spiro atoms. The molecule has 5 nitrogen and oxygen atoms in total. The van der Waals surface area contributed by atoms with Crippen LogP contribution in [-0.4, -0.2) is 37.8 Å². The van der Waals surface area contributed by atoms with Crippen molar-refractivity contribution in [3.05, 3.63) is 11.9 Å². The Kier molecular flexibility index (Phi) is 5.63. The zero-order chi connectivity index (χ0) is 11.0. The van der Waals surface area contributed by atoms with E-state index in [4.69, 9.17) is 12.2 Å². The summed E-state index contributed by atoms with van der Waals surface area (Å²) >= 11 is 0. The second-order valence-corrected chi connectivity index (χ2v) is 2.70. The van der Waals surface area contributed by atoms with Gasteiger partial charge in [0.25, 0.3) is 0 Å².